The molecule has 0 saturated heterocycles. The van der Waals surface area contributed by atoms with Crippen molar-refractivity contribution in [1.29, 1.82) is 0 Å². The van der Waals surface area contributed by atoms with Crippen LogP contribution in [0.15, 0.2) is 47.0 Å². The number of nitrogens with zero attached hydrogens (tertiary/aromatic N) is 2. The van der Waals surface area contributed by atoms with Gasteiger partial charge in [-0.05, 0) is 104 Å². The van der Waals surface area contributed by atoms with Crippen LogP contribution in [-0.4, -0.2) is 26.3 Å². The number of carboxylic acids is 1. The summed E-state index contributed by atoms with van der Waals surface area (Å²) in [5.41, 5.74) is 2.83. The number of phenols is 1. The Balaban J connectivity index is 1.34. The van der Waals surface area contributed by atoms with Crippen LogP contribution in [0.5, 0.6) is 5.75 Å². The Bertz CT molecular complexity index is 1130. The van der Waals surface area contributed by atoms with Gasteiger partial charge < -0.3 is 14.7 Å². The number of aromatic carboxylic acids is 1. The molecule has 4 saturated carbocycles. The molecule has 6 heteroatoms. The van der Waals surface area contributed by atoms with Crippen molar-refractivity contribution in [2.24, 2.45) is 17.8 Å². The Morgan fingerprint density at radius 3 is 2.16 bits per heavy atom. The second-order valence-corrected chi connectivity index (χ2v) is 9.74. The Morgan fingerprint density at radius 2 is 1.55 bits per heavy atom. The minimum Gasteiger partial charge on any atom is -0.508 e. The van der Waals surface area contributed by atoms with E-state index in [0.29, 0.717) is 23.0 Å². The maximum atomic E-state index is 11.1. The van der Waals surface area contributed by atoms with Crippen molar-refractivity contribution in [2.75, 3.05) is 0 Å². The largest absolute Gasteiger partial charge is 0.508 e. The minimum absolute atomic E-state index is 0.0775. The molecular formula is C25H24N2O4. The maximum Gasteiger partial charge on any atom is 0.335 e. The summed E-state index contributed by atoms with van der Waals surface area (Å²) in [5, 5.41) is 24.0. The van der Waals surface area contributed by atoms with E-state index in [1.807, 2.05) is 6.07 Å². The second kappa shape index (κ2) is 6.67. The van der Waals surface area contributed by atoms with Gasteiger partial charge in [0.1, 0.15) is 5.75 Å². The number of phenolic OH excluding ortho intramolecular Hbond substituents is 1. The molecule has 6 nitrogen and oxygen atoms in total. The molecule has 0 unspecified atom stereocenters. The first kappa shape index (κ1) is 18.6. The van der Waals surface area contributed by atoms with Gasteiger partial charge in [-0.1, -0.05) is 5.16 Å². The summed E-state index contributed by atoms with van der Waals surface area (Å²) in [6.45, 7) is 0. The van der Waals surface area contributed by atoms with Gasteiger partial charge in [0.25, 0.3) is 5.89 Å². The van der Waals surface area contributed by atoms with Gasteiger partial charge in [-0.15, -0.1) is 0 Å². The molecule has 1 heterocycles. The summed E-state index contributed by atoms with van der Waals surface area (Å²) < 4.78 is 5.45. The minimum atomic E-state index is -0.973. The van der Waals surface area contributed by atoms with E-state index in [0.717, 1.165) is 28.9 Å². The van der Waals surface area contributed by atoms with E-state index in [4.69, 9.17) is 9.63 Å². The zero-order valence-corrected chi connectivity index (χ0v) is 17.1. The summed E-state index contributed by atoms with van der Waals surface area (Å²) in [7, 11) is 0. The van der Waals surface area contributed by atoms with Crippen LogP contribution in [0, 0.1) is 17.8 Å². The number of aromatic nitrogens is 2. The van der Waals surface area contributed by atoms with Crippen LogP contribution in [0.2, 0.25) is 0 Å². The number of rotatable bonds is 4. The maximum absolute atomic E-state index is 11.1. The molecule has 3 aromatic rings. The van der Waals surface area contributed by atoms with Crippen LogP contribution in [0.3, 0.4) is 0 Å². The number of benzene rings is 2. The molecule has 0 atom stereocenters. The molecule has 4 fully saturated rings. The summed E-state index contributed by atoms with van der Waals surface area (Å²) in [6.07, 6.45) is 7.58. The smallest absolute Gasteiger partial charge is 0.335 e. The molecule has 0 amide bonds. The highest BCUT2D eigenvalue weighted by atomic mass is 16.5. The highest BCUT2D eigenvalue weighted by molar-refractivity contribution is 5.88. The molecule has 4 aliphatic rings. The van der Waals surface area contributed by atoms with Crippen LogP contribution in [0.4, 0.5) is 0 Å². The molecule has 0 radical (unpaired) electrons. The van der Waals surface area contributed by atoms with E-state index in [9.17, 15) is 9.90 Å². The second-order valence-electron chi connectivity index (χ2n) is 9.74. The highest BCUT2D eigenvalue weighted by Crippen LogP contribution is 2.62. The lowest BCUT2D eigenvalue weighted by Crippen LogP contribution is -2.48. The third kappa shape index (κ3) is 3.04. The molecule has 4 aliphatic carbocycles. The molecule has 0 spiro atoms. The van der Waals surface area contributed by atoms with E-state index < -0.39 is 5.97 Å². The lowest BCUT2D eigenvalue weighted by atomic mass is 9.48. The first-order valence-electron chi connectivity index (χ1n) is 11.0. The number of carbonyl (C=O) groups is 1. The van der Waals surface area contributed by atoms with Crippen LogP contribution in [-0.2, 0) is 5.41 Å². The standard InChI is InChI=1S/C25H24N2O4/c28-21-6-5-19(10-20(21)25-11-14-7-15(12-25)9-16(8-14)13-25)22-26-23(31-27-22)17-1-3-18(4-2-17)24(29)30/h1-6,10,14-16,28H,7-9,11-13H2,(H,29,30). The van der Waals surface area contributed by atoms with Gasteiger partial charge in [-0.3, -0.25) is 0 Å². The molecule has 158 valence electrons. The van der Waals surface area contributed by atoms with Crippen LogP contribution < -0.4 is 0 Å². The summed E-state index contributed by atoms with van der Waals surface area (Å²) in [6, 6.07) is 12.0. The van der Waals surface area contributed by atoms with Crippen molar-refractivity contribution in [2.45, 2.75) is 43.9 Å². The fourth-order valence-electron chi connectivity index (χ4n) is 6.75. The van der Waals surface area contributed by atoms with Gasteiger partial charge in [0.2, 0.25) is 5.82 Å². The van der Waals surface area contributed by atoms with Gasteiger partial charge in [0.15, 0.2) is 0 Å². The van der Waals surface area contributed by atoms with E-state index >= 15 is 0 Å². The van der Waals surface area contributed by atoms with Crippen molar-refractivity contribution in [3.63, 3.8) is 0 Å². The molecule has 0 aliphatic heterocycles. The number of aromatic hydroxyl groups is 1. The predicted molar refractivity (Wildman–Crippen MR) is 114 cm³/mol. The average Bonchev–Trinajstić information content (AvgIpc) is 3.23. The van der Waals surface area contributed by atoms with Crippen LogP contribution in [0.1, 0.15) is 54.4 Å². The van der Waals surface area contributed by atoms with Gasteiger partial charge in [-0.25, -0.2) is 4.79 Å². The Morgan fingerprint density at radius 1 is 0.935 bits per heavy atom. The monoisotopic (exact) mass is 416 g/mol. The van der Waals surface area contributed by atoms with E-state index in [1.54, 1.807) is 18.2 Å². The zero-order valence-electron chi connectivity index (χ0n) is 17.1. The zero-order chi connectivity index (χ0) is 21.2. The molecule has 7 rings (SSSR count). The third-order valence-corrected chi connectivity index (χ3v) is 7.67. The van der Waals surface area contributed by atoms with Crippen molar-refractivity contribution < 1.29 is 19.5 Å². The van der Waals surface area contributed by atoms with Crippen LogP contribution >= 0.6 is 0 Å². The van der Waals surface area contributed by atoms with Crippen molar-refractivity contribution in [3.05, 3.63) is 53.6 Å². The summed E-state index contributed by atoms with van der Waals surface area (Å²) in [5.74, 6) is 2.59. The van der Waals surface area contributed by atoms with Crippen molar-refractivity contribution >= 4 is 5.97 Å². The molecule has 2 aromatic carbocycles. The fraction of sp³-hybridized carbons (Fsp3) is 0.400. The Kier molecular flexibility index (Phi) is 4.01. The first-order valence-corrected chi connectivity index (χ1v) is 11.0. The lowest BCUT2D eigenvalue weighted by Gasteiger charge is -2.57. The quantitative estimate of drug-likeness (QED) is 0.601. The van der Waals surface area contributed by atoms with Gasteiger partial charge in [0, 0.05) is 16.7 Å². The van der Waals surface area contributed by atoms with Gasteiger partial charge in [0.05, 0.1) is 5.56 Å². The molecule has 31 heavy (non-hydrogen) atoms. The summed E-state index contributed by atoms with van der Waals surface area (Å²) >= 11 is 0. The highest BCUT2D eigenvalue weighted by Gasteiger charge is 2.52. The molecule has 1 aromatic heterocycles. The molecular weight excluding hydrogens is 392 g/mol. The summed E-state index contributed by atoms with van der Waals surface area (Å²) in [4.78, 5) is 15.6. The predicted octanol–water partition coefficient (Wildman–Crippen LogP) is 5.28. The van der Waals surface area contributed by atoms with E-state index in [2.05, 4.69) is 16.2 Å². The Hall–Kier alpha value is -3.15. The van der Waals surface area contributed by atoms with Gasteiger partial charge >= 0.3 is 5.97 Å². The fourth-order valence-corrected chi connectivity index (χ4v) is 6.75. The number of carboxylic acid groups (broad SMARTS) is 1. The number of hydrogen-bond donors (Lipinski definition) is 2. The first-order chi connectivity index (χ1) is 15.0. The average molecular weight is 416 g/mol. The van der Waals surface area contributed by atoms with Crippen LogP contribution in [0.25, 0.3) is 22.8 Å². The number of hydrogen-bond acceptors (Lipinski definition) is 5. The van der Waals surface area contributed by atoms with E-state index in [1.165, 1.54) is 50.7 Å². The normalized spacial score (nSPS) is 28.7. The molecule has 2 N–H and O–H groups in total. The van der Waals surface area contributed by atoms with Crippen molar-refractivity contribution in [3.8, 4) is 28.6 Å². The van der Waals surface area contributed by atoms with E-state index in [-0.39, 0.29) is 11.0 Å². The van der Waals surface area contributed by atoms with Gasteiger partial charge in [-0.2, -0.15) is 4.98 Å². The topological polar surface area (TPSA) is 96.5 Å². The molecule has 4 bridgehead atoms. The third-order valence-electron chi connectivity index (χ3n) is 7.67. The lowest BCUT2D eigenvalue weighted by molar-refractivity contribution is -0.00611. The SMILES string of the molecule is O=C(O)c1ccc(-c2nc(-c3ccc(O)c(C45CC6CC(CC(C6)C4)C5)c3)no2)cc1. The van der Waals surface area contributed by atoms with Crippen molar-refractivity contribution in [1.82, 2.24) is 10.1 Å². The Labute approximate surface area is 179 Å².